The number of likely N-dealkylation sites (N-methyl/N-ethyl adjacent to an activating group) is 1. The van der Waals surface area contributed by atoms with Gasteiger partial charge in [0.1, 0.15) is 5.01 Å². The topological polar surface area (TPSA) is 28.2 Å². The lowest BCUT2D eigenvalue weighted by Crippen LogP contribution is -2.26. The van der Waals surface area contributed by atoms with E-state index in [0.717, 1.165) is 18.1 Å². The second-order valence-corrected chi connectivity index (χ2v) is 6.83. The van der Waals surface area contributed by atoms with Gasteiger partial charge in [0.15, 0.2) is 0 Å². The minimum atomic E-state index is 0.381. The summed E-state index contributed by atoms with van der Waals surface area (Å²) in [4.78, 5) is 6.84. The zero-order chi connectivity index (χ0) is 15.6. The molecule has 0 bridgehead atoms. The molecule has 4 rings (SSSR count). The summed E-state index contributed by atoms with van der Waals surface area (Å²) in [6.45, 7) is 1.85. The van der Waals surface area contributed by atoms with Crippen LogP contribution >= 0.6 is 11.3 Å². The van der Waals surface area contributed by atoms with Gasteiger partial charge in [0.25, 0.3) is 0 Å². The molecule has 1 N–H and O–H groups in total. The van der Waals surface area contributed by atoms with Crippen LogP contribution in [0, 0.1) is 0 Å². The van der Waals surface area contributed by atoms with E-state index in [1.165, 1.54) is 22.4 Å². The molecule has 3 nitrogen and oxygen atoms in total. The zero-order valence-corrected chi connectivity index (χ0v) is 13.9. The Morgan fingerprint density at radius 3 is 2.83 bits per heavy atom. The summed E-state index contributed by atoms with van der Waals surface area (Å²) >= 11 is 1.68. The summed E-state index contributed by atoms with van der Waals surface area (Å²) in [5.41, 5.74) is 5.12. The lowest BCUT2D eigenvalue weighted by molar-refractivity contribution is 0.252. The molecule has 23 heavy (non-hydrogen) atoms. The summed E-state index contributed by atoms with van der Waals surface area (Å²) in [5, 5.41) is 6.73. The molecule has 1 unspecified atom stereocenters. The second-order valence-electron chi connectivity index (χ2n) is 5.93. The first-order valence-electron chi connectivity index (χ1n) is 7.83. The first kappa shape index (κ1) is 14.4. The first-order chi connectivity index (χ1) is 11.3. The van der Waals surface area contributed by atoms with Crippen LogP contribution in [0.1, 0.15) is 17.2 Å². The quantitative estimate of drug-likeness (QED) is 0.758. The van der Waals surface area contributed by atoms with Crippen molar-refractivity contribution in [3.63, 3.8) is 0 Å². The van der Waals surface area contributed by atoms with Gasteiger partial charge in [-0.05, 0) is 36.4 Å². The fourth-order valence-corrected chi connectivity index (χ4v) is 3.82. The molecule has 0 saturated heterocycles. The van der Waals surface area contributed by atoms with Crippen LogP contribution in [0.15, 0.2) is 60.1 Å². The van der Waals surface area contributed by atoms with Gasteiger partial charge in [0.2, 0.25) is 0 Å². The number of aromatic nitrogens is 1. The van der Waals surface area contributed by atoms with Crippen molar-refractivity contribution in [1.29, 1.82) is 0 Å². The van der Waals surface area contributed by atoms with Crippen molar-refractivity contribution < 1.29 is 0 Å². The van der Waals surface area contributed by atoms with Gasteiger partial charge in [-0.15, -0.1) is 11.3 Å². The van der Waals surface area contributed by atoms with Gasteiger partial charge in [-0.25, -0.2) is 4.98 Å². The summed E-state index contributed by atoms with van der Waals surface area (Å²) in [5.74, 6) is 0. The third-order valence-corrected chi connectivity index (χ3v) is 5.23. The van der Waals surface area contributed by atoms with E-state index in [2.05, 4.69) is 70.8 Å². The molecule has 4 heteroatoms. The third-order valence-electron chi connectivity index (χ3n) is 4.41. The largest absolute Gasteiger partial charge is 0.383 e. The van der Waals surface area contributed by atoms with Crippen molar-refractivity contribution in [3.8, 4) is 10.6 Å². The molecule has 1 atom stereocenters. The van der Waals surface area contributed by atoms with Crippen LogP contribution in [-0.2, 0) is 6.54 Å². The number of rotatable bonds is 2. The Balaban J connectivity index is 1.65. The van der Waals surface area contributed by atoms with Crippen molar-refractivity contribution in [2.75, 3.05) is 18.9 Å². The predicted octanol–water partition coefficient (Wildman–Crippen LogP) is 4.41. The fourth-order valence-electron chi connectivity index (χ4n) is 3.18. The Kier molecular flexibility index (Phi) is 3.85. The van der Waals surface area contributed by atoms with Gasteiger partial charge >= 0.3 is 0 Å². The normalized spacial score (nSPS) is 18.0. The van der Waals surface area contributed by atoms with E-state index in [-0.39, 0.29) is 0 Å². The Bertz CT molecular complexity index is 784. The minimum absolute atomic E-state index is 0.381. The average Bonchev–Trinajstić information content (AvgIpc) is 3.06. The van der Waals surface area contributed by atoms with Crippen molar-refractivity contribution >= 4 is 17.0 Å². The van der Waals surface area contributed by atoms with Crippen molar-refractivity contribution in [2.45, 2.75) is 12.6 Å². The molecule has 2 aromatic carbocycles. The van der Waals surface area contributed by atoms with E-state index >= 15 is 0 Å². The number of thiazole rings is 1. The maximum absolute atomic E-state index is 4.42. The number of hydrogen-bond donors (Lipinski definition) is 1. The molecule has 1 aliphatic heterocycles. The van der Waals surface area contributed by atoms with E-state index in [4.69, 9.17) is 0 Å². The van der Waals surface area contributed by atoms with E-state index in [1.54, 1.807) is 11.3 Å². The van der Waals surface area contributed by atoms with Gasteiger partial charge in [-0.2, -0.15) is 0 Å². The molecule has 0 fully saturated rings. The molecule has 0 saturated carbocycles. The number of anilines is 1. The third kappa shape index (κ3) is 2.87. The van der Waals surface area contributed by atoms with Crippen molar-refractivity contribution in [2.24, 2.45) is 0 Å². The molecule has 0 radical (unpaired) electrons. The number of benzene rings is 2. The molecule has 1 aliphatic rings. The van der Waals surface area contributed by atoms with Crippen LogP contribution in [0.5, 0.6) is 0 Å². The van der Waals surface area contributed by atoms with Crippen LogP contribution < -0.4 is 5.32 Å². The van der Waals surface area contributed by atoms with Crippen LogP contribution in [0.4, 0.5) is 5.69 Å². The molecular weight excluding hydrogens is 302 g/mol. The van der Waals surface area contributed by atoms with E-state index in [9.17, 15) is 0 Å². The first-order valence-corrected chi connectivity index (χ1v) is 8.71. The Morgan fingerprint density at radius 1 is 1.17 bits per heavy atom. The maximum Gasteiger partial charge on any atom is 0.123 e. The average molecular weight is 321 g/mol. The molecular formula is C19H19N3S. The van der Waals surface area contributed by atoms with E-state index in [1.807, 2.05) is 11.6 Å². The van der Waals surface area contributed by atoms with E-state index < -0.39 is 0 Å². The standard InChI is InChI=1S/C19H19N3S/c1-22-13-16-11-15(19-20-9-10-23-19)7-8-17(16)21-12-18(22)14-5-3-2-4-6-14/h2-11,18,21H,12-13H2,1H3. The monoisotopic (exact) mass is 321 g/mol. The number of nitrogens with zero attached hydrogens (tertiary/aromatic N) is 2. The van der Waals surface area contributed by atoms with Crippen LogP contribution in [0.2, 0.25) is 0 Å². The molecule has 1 aromatic heterocycles. The summed E-state index contributed by atoms with van der Waals surface area (Å²) in [6, 6.07) is 17.7. The van der Waals surface area contributed by atoms with Crippen LogP contribution in [0.25, 0.3) is 10.6 Å². The van der Waals surface area contributed by atoms with Gasteiger partial charge in [-0.3, -0.25) is 4.90 Å². The van der Waals surface area contributed by atoms with Gasteiger partial charge in [0, 0.05) is 35.9 Å². The van der Waals surface area contributed by atoms with Gasteiger partial charge in [-0.1, -0.05) is 30.3 Å². The Hall–Kier alpha value is -2.17. The second kappa shape index (κ2) is 6.14. The molecule has 2 heterocycles. The molecule has 0 amide bonds. The highest BCUT2D eigenvalue weighted by Crippen LogP contribution is 2.32. The molecule has 0 aliphatic carbocycles. The Labute approximate surface area is 140 Å². The molecule has 0 spiro atoms. The predicted molar refractivity (Wildman–Crippen MR) is 96.7 cm³/mol. The highest BCUT2D eigenvalue weighted by molar-refractivity contribution is 7.13. The summed E-state index contributed by atoms with van der Waals surface area (Å²) in [6.07, 6.45) is 1.86. The van der Waals surface area contributed by atoms with Crippen LogP contribution in [0.3, 0.4) is 0 Å². The van der Waals surface area contributed by atoms with Crippen molar-refractivity contribution in [3.05, 3.63) is 71.2 Å². The van der Waals surface area contributed by atoms with E-state index in [0.29, 0.717) is 6.04 Å². The molecule has 3 aromatic rings. The van der Waals surface area contributed by atoms with Crippen molar-refractivity contribution in [1.82, 2.24) is 9.88 Å². The fraction of sp³-hybridized carbons (Fsp3) is 0.211. The maximum atomic E-state index is 4.42. The van der Waals surface area contributed by atoms with Gasteiger partial charge < -0.3 is 5.32 Å². The SMILES string of the molecule is CN1Cc2cc(-c3nccs3)ccc2NCC1c1ccccc1. The lowest BCUT2D eigenvalue weighted by Gasteiger charge is -2.25. The van der Waals surface area contributed by atoms with Gasteiger partial charge in [0.05, 0.1) is 6.04 Å². The smallest absolute Gasteiger partial charge is 0.123 e. The lowest BCUT2D eigenvalue weighted by atomic mass is 10.1. The highest BCUT2D eigenvalue weighted by Gasteiger charge is 2.22. The Morgan fingerprint density at radius 2 is 2.04 bits per heavy atom. The summed E-state index contributed by atoms with van der Waals surface area (Å²) < 4.78 is 0. The summed E-state index contributed by atoms with van der Waals surface area (Å²) in [7, 11) is 2.20. The van der Waals surface area contributed by atoms with Crippen LogP contribution in [-0.4, -0.2) is 23.5 Å². The number of fused-ring (bicyclic) bond motifs is 1. The number of nitrogens with one attached hydrogen (secondary N) is 1. The molecule has 116 valence electrons. The highest BCUT2D eigenvalue weighted by atomic mass is 32.1. The minimum Gasteiger partial charge on any atom is -0.383 e. The zero-order valence-electron chi connectivity index (χ0n) is 13.1. The number of hydrogen-bond acceptors (Lipinski definition) is 4.